The molecule has 2 aromatic carbocycles. The largest absolute Gasteiger partial charge is 0.573 e. The van der Waals surface area contributed by atoms with Crippen LogP contribution in [0.3, 0.4) is 0 Å². The number of alkyl halides is 3. The van der Waals surface area contributed by atoms with Gasteiger partial charge in [-0.05, 0) is 29.8 Å². The van der Waals surface area contributed by atoms with E-state index >= 15 is 0 Å². The highest BCUT2D eigenvalue weighted by Gasteiger charge is 2.30. The van der Waals surface area contributed by atoms with Crippen LogP contribution in [0.1, 0.15) is 5.56 Å². The molecule has 0 atom stereocenters. The molecule has 0 spiro atoms. The summed E-state index contributed by atoms with van der Waals surface area (Å²) in [5, 5.41) is 1.45. The van der Waals surface area contributed by atoms with Crippen molar-refractivity contribution in [1.29, 1.82) is 0 Å². The van der Waals surface area contributed by atoms with E-state index in [0.29, 0.717) is 12.2 Å². The zero-order valence-electron chi connectivity index (χ0n) is 10.5. The Morgan fingerprint density at radius 2 is 1.55 bits per heavy atom. The highest BCUT2D eigenvalue weighted by atomic mass is 19.4. The maximum atomic E-state index is 12.0. The number of hydrogen-bond donors (Lipinski definition) is 1. The van der Waals surface area contributed by atoms with E-state index in [1.165, 1.54) is 29.3 Å². The predicted octanol–water partition coefficient (Wildman–Crippen LogP) is 3.47. The van der Waals surface area contributed by atoms with E-state index in [1.54, 1.807) is 0 Å². The average molecular weight is 282 g/mol. The summed E-state index contributed by atoms with van der Waals surface area (Å²) in [4.78, 5) is 0. The third-order valence-corrected chi connectivity index (χ3v) is 2.60. The Bertz CT molecular complexity index is 541. The molecule has 3 nitrogen and oxygen atoms in total. The van der Waals surface area contributed by atoms with E-state index in [2.05, 4.69) is 4.74 Å². The van der Waals surface area contributed by atoms with Crippen molar-refractivity contribution < 1.29 is 17.9 Å². The lowest BCUT2D eigenvalue weighted by Crippen LogP contribution is -2.29. The lowest BCUT2D eigenvalue weighted by Gasteiger charge is -2.19. The van der Waals surface area contributed by atoms with Gasteiger partial charge < -0.3 is 9.75 Å². The molecule has 2 aromatic rings. The number of halogens is 3. The molecule has 2 rings (SSSR count). The molecule has 0 bridgehead atoms. The summed E-state index contributed by atoms with van der Waals surface area (Å²) in [5.74, 6) is 5.61. The second-order valence-electron chi connectivity index (χ2n) is 4.16. The molecule has 2 N–H and O–H groups in total. The second kappa shape index (κ2) is 5.83. The SMILES string of the molecule is NN(Cc1ccccc1)c1ccc(OC(F)(F)F)cc1. The zero-order chi connectivity index (χ0) is 14.6. The molecule has 0 aliphatic rings. The van der Waals surface area contributed by atoms with E-state index < -0.39 is 6.36 Å². The molecule has 0 heterocycles. The van der Waals surface area contributed by atoms with Gasteiger partial charge in [-0.1, -0.05) is 30.3 Å². The van der Waals surface area contributed by atoms with Crippen LogP contribution in [0.5, 0.6) is 5.75 Å². The topological polar surface area (TPSA) is 38.5 Å². The fourth-order valence-electron chi connectivity index (χ4n) is 1.71. The highest BCUT2D eigenvalue weighted by Crippen LogP contribution is 2.25. The Hall–Kier alpha value is -2.21. The first-order valence-electron chi connectivity index (χ1n) is 5.86. The van der Waals surface area contributed by atoms with E-state index in [9.17, 15) is 13.2 Å². The minimum Gasteiger partial charge on any atom is -0.406 e. The van der Waals surface area contributed by atoms with Crippen LogP contribution >= 0.6 is 0 Å². The first-order chi connectivity index (χ1) is 9.44. The maximum absolute atomic E-state index is 12.0. The Morgan fingerprint density at radius 3 is 2.10 bits per heavy atom. The van der Waals surface area contributed by atoms with Gasteiger partial charge in [0.05, 0.1) is 12.2 Å². The Morgan fingerprint density at radius 1 is 0.950 bits per heavy atom. The lowest BCUT2D eigenvalue weighted by molar-refractivity contribution is -0.274. The van der Waals surface area contributed by atoms with Crippen molar-refractivity contribution in [3.63, 3.8) is 0 Å². The molecule has 0 saturated heterocycles. The van der Waals surface area contributed by atoms with Crippen molar-refractivity contribution in [3.05, 3.63) is 60.2 Å². The molecule has 0 unspecified atom stereocenters. The summed E-state index contributed by atoms with van der Waals surface area (Å²) in [6.07, 6.45) is -4.69. The van der Waals surface area contributed by atoms with Gasteiger partial charge >= 0.3 is 6.36 Å². The van der Waals surface area contributed by atoms with Gasteiger partial charge in [0, 0.05) is 0 Å². The number of nitrogens with two attached hydrogens (primary N) is 1. The van der Waals surface area contributed by atoms with E-state index in [1.807, 2.05) is 30.3 Å². The Labute approximate surface area is 114 Å². The van der Waals surface area contributed by atoms with Crippen LogP contribution in [0.4, 0.5) is 18.9 Å². The minimum atomic E-state index is -4.69. The summed E-state index contributed by atoms with van der Waals surface area (Å²) in [7, 11) is 0. The van der Waals surface area contributed by atoms with Crippen LogP contribution in [0, 0.1) is 0 Å². The Kier molecular flexibility index (Phi) is 4.14. The fraction of sp³-hybridized carbons (Fsp3) is 0.143. The molecular formula is C14H13F3N2O. The third-order valence-electron chi connectivity index (χ3n) is 2.60. The number of nitrogens with zero attached hydrogens (tertiary/aromatic N) is 1. The summed E-state index contributed by atoms with van der Waals surface area (Å²) >= 11 is 0. The summed E-state index contributed by atoms with van der Waals surface area (Å²) in [5.41, 5.74) is 1.61. The lowest BCUT2D eigenvalue weighted by atomic mass is 10.2. The molecule has 20 heavy (non-hydrogen) atoms. The van der Waals surface area contributed by atoms with E-state index in [4.69, 9.17) is 5.84 Å². The van der Waals surface area contributed by atoms with Crippen molar-refractivity contribution in [2.24, 2.45) is 5.84 Å². The highest BCUT2D eigenvalue weighted by molar-refractivity contribution is 5.48. The molecule has 0 aromatic heterocycles. The fourth-order valence-corrected chi connectivity index (χ4v) is 1.71. The van der Waals surface area contributed by atoms with Gasteiger partial charge in [0.2, 0.25) is 0 Å². The summed E-state index contributed by atoms with van der Waals surface area (Å²) in [6, 6.07) is 14.9. The number of anilines is 1. The zero-order valence-corrected chi connectivity index (χ0v) is 10.5. The van der Waals surface area contributed by atoms with Gasteiger partial charge in [-0.3, -0.25) is 0 Å². The van der Waals surface area contributed by atoms with Crippen molar-refractivity contribution in [3.8, 4) is 5.75 Å². The van der Waals surface area contributed by atoms with Crippen LogP contribution in [-0.2, 0) is 6.54 Å². The number of ether oxygens (including phenoxy) is 1. The maximum Gasteiger partial charge on any atom is 0.573 e. The van der Waals surface area contributed by atoms with Crippen molar-refractivity contribution >= 4 is 5.69 Å². The van der Waals surface area contributed by atoms with E-state index in [-0.39, 0.29) is 5.75 Å². The van der Waals surface area contributed by atoms with Gasteiger partial charge in [0.25, 0.3) is 0 Å². The van der Waals surface area contributed by atoms with Gasteiger partial charge in [-0.2, -0.15) is 0 Å². The van der Waals surface area contributed by atoms with Crippen molar-refractivity contribution in [2.75, 3.05) is 5.01 Å². The molecule has 0 saturated carbocycles. The number of hydrazine groups is 1. The number of rotatable bonds is 4. The van der Waals surface area contributed by atoms with Crippen LogP contribution in [0.25, 0.3) is 0 Å². The van der Waals surface area contributed by atoms with E-state index in [0.717, 1.165) is 5.56 Å². The van der Waals surface area contributed by atoms with Gasteiger partial charge in [-0.15, -0.1) is 13.2 Å². The molecule has 0 aliphatic carbocycles. The molecular weight excluding hydrogens is 269 g/mol. The smallest absolute Gasteiger partial charge is 0.406 e. The first-order valence-corrected chi connectivity index (χ1v) is 5.86. The standard InChI is InChI=1S/C14H13F3N2O/c15-14(16,17)20-13-8-6-12(7-9-13)19(18)10-11-4-2-1-3-5-11/h1-9H,10,18H2. The number of benzene rings is 2. The first kappa shape index (κ1) is 14.2. The molecule has 6 heteroatoms. The molecule has 0 radical (unpaired) electrons. The van der Waals surface area contributed by atoms with Crippen LogP contribution in [-0.4, -0.2) is 6.36 Å². The number of hydrogen-bond acceptors (Lipinski definition) is 3. The normalized spacial score (nSPS) is 11.2. The van der Waals surface area contributed by atoms with Crippen molar-refractivity contribution in [1.82, 2.24) is 0 Å². The molecule has 0 amide bonds. The molecule has 0 aliphatic heterocycles. The average Bonchev–Trinajstić information content (AvgIpc) is 2.39. The van der Waals surface area contributed by atoms with Crippen LogP contribution in [0.2, 0.25) is 0 Å². The summed E-state index contributed by atoms with van der Waals surface area (Å²) < 4.78 is 39.9. The van der Waals surface area contributed by atoms with Gasteiger partial charge in [0.15, 0.2) is 0 Å². The van der Waals surface area contributed by atoms with Gasteiger partial charge in [-0.25, -0.2) is 5.84 Å². The summed E-state index contributed by atoms with van der Waals surface area (Å²) in [6.45, 7) is 0.459. The van der Waals surface area contributed by atoms with Crippen LogP contribution in [0.15, 0.2) is 54.6 Å². The van der Waals surface area contributed by atoms with Gasteiger partial charge in [0.1, 0.15) is 5.75 Å². The predicted molar refractivity (Wildman–Crippen MR) is 69.9 cm³/mol. The van der Waals surface area contributed by atoms with Crippen LogP contribution < -0.4 is 15.6 Å². The monoisotopic (exact) mass is 282 g/mol. The van der Waals surface area contributed by atoms with Crippen molar-refractivity contribution in [2.45, 2.75) is 12.9 Å². The quantitative estimate of drug-likeness (QED) is 0.689. The Balaban J connectivity index is 2.02. The third kappa shape index (κ3) is 4.17. The molecule has 0 fully saturated rings. The molecule has 106 valence electrons. The minimum absolute atomic E-state index is 0.269. The second-order valence-corrected chi connectivity index (χ2v) is 4.16.